The zero-order valence-electron chi connectivity index (χ0n) is 11.6. The van der Waals surface area contributed by atoms with Crippen LogP contribution in [0.15, 0.2) is 10.9 Å². The van der Waals surface area contributed by atoms with Gasteiger partial charge in [0.25, 0.3) is 5.56 Å². The van der Waals surface area contributed by atoms with Crippen LogP contribution in [0.25, 0.3) is 0 Å². The summed E-state index contributed by atoms with van der Waals surface area (Å²) in [7, 11) is 0. The summed E-state index contributed by atoms with van der Waals surface area (Å²) in [5.41, 5.74) is 0.748. The Labute approximate surface area is 113 Å². The molecule has 18 heavy (non-hydrogen) atoms. The molecular weight excluding hydrogens is 246 g/mol. The normalized spacial score (nSPS) is 11.4. The van der Waals surface area contributed by atoms with E-state index in [9.17, 15) is 4.79 Å². The molecule has 0 spiro atoms. The molecule has 0 saturated heterocycles. The lowest BCUT2D eigenvalue weighted by Crippen LogP contribution is -2.24. The van der Waals surface area contributed by atoms with E-state index in [0.717, 1.165) is 23.0 Å². The number of H-pyrrole nitrogens is 1. The Balaban J connectivity index is 2.60. The van der Waals surface area contributed by atoms with Crippen molar-refractivity contribution in [3.63, 3.8) is 0 Å². The lowest BCUT2D eigenvalue weighted by atomic mass is 10.3. The first-order valence-electron chi connectivity index (χ1n) is 6.37. The monoisotopic (exact) mass is 269 g/mol. The lowest BCUT2D eigenvalue weighted by Gasteiger charge is -2.09. The quantitative estimate of drug-likeness (QED) is 0.796. The summed E-state index contributed by atoms with van der Waals surface area (Å²) >= 11 is 1.80. The maximum Gasteiger partial charge on any atom is 0.251 e. The molecule has 0 aliphatic carbocycles. The molecule has 1 heterocycles. The highest BCUT2D eigenvalue weighted by Crippen LogP contribution is 2.11. The smallest absolute Gasteiger partial charge is 0.251 e. The third-order valence-electron chi connectivity index (χ3n) is 2.23. The SMILES string of the molecule is CC(C)CSCc1nc(CNC(C)C)cc(=O)[nH]1. The van der Waals surface area contributed by atoms with Gasteiger partial charge >= 0.3 is 0 Å². The van der Waals surface area contributed by atoms with E-state index in [1.165, 1.54) is 0 Å². The number of aromatic nitrogens is 2. The van der Waals surface area contributed by atoms with E-state index in [2.05, 4.69) is 43.0 Å². The number of nitrogens with zero attached hydrogens (tertiary/aromatic N) is 1. The second-order valence-corrected chi connectivity index (χ2v) is 6.16. The number of hydrogen-bond donors (Lipinski definition) is 2. The molecule has 0 bridgehead atoms. The fourth-order valence-corrected chi connectivity index (χ4v) is 2.34. The maximum absolute atomic E-state index is 11.5. The predicted molar refractivity (Wildman–Crippen MR) is 77.8 cm³/mol. The molecule has 0 amide bonds. The third kappa shape index (κ3) is 6.21. The second kappa shape index (κ2) is 7.59. The van der Waals surface area contributed by atoms with E-state index in [4.69, 9.17) is 0 Å². The molecule has 102 valence electrons. The number of rotatable bonds is 7. The van der Waals surface area contributed by atoms with Crippen molar-refractivity contribution in [2.24, 2.45) is 5.92 Å². The summed E-state index contributed by atoms with van der Waals surface area (Å²) in [6, 6.07) is 1.95. The highest BCUT2D eigenvalue weighted by atomic mass is 32.2. The van der Waals surface area contributed by atoms with Crippen LogP contribution in [0.4, 0.5) is 0 Å². The molecule has 0 aromatic carbocycles. The van der Waals surface area contributed by atoms with Crippen molar-refractivity contribution in [1.29, 1.82) is 0 Å². The first-order chi connectivity index (χ1) is 8.47. The average Bonchev–Trinajstić information content (AvgIpc) is 2.25. The Morgan fingerprint density at radius 2 is 2.11 bits per heavy atom. The predicted octanol–water partition coefficient (Wildman–Crippen LogP) is 2.16. The zero-order chi connectivity index (χ0) is 13.5. The fraction of sp³-hybridized carbons (Fsp3) is 0.692. The molecule has 0 atom stereocenters. The van der Waals surface area contributed by atoms with E-state index in [-0.39, 0.29) is 5.56 Å². The van der Waals surface area contributed by atoms with Crippen LogP contribution in [0.5, 0.6) is 0 Å². The van der Waals surface area contributed by atoms with Gasteiger partial charge in [-0.15, -0.1) is 0 Å². The number of aromatic amines is 1. The van der Waals surface area contributed by atoms with Gasteiger partial charge in [-0.25, -0.2) is 4.98 Å². The molecule has 0 radical (unpaired) electrons. The second-order valence-electron chi connectivity index (χ2n) is 5.13. The Hall–Kier alpha value is -0.810. The van der Waals surface area contributed by atoms with Gasteiger partial charge in [0.15, 0.2) is 0 Å². The van der Waals surface area contributed by atoms with Crippen LogP contribution in [0.1, 0.15) is 39.2 Å². The van der Waals surface area contributed by atoms with Crippen LogP contribution < -0.4 is 10.9 Å². The first-order valence-corrected chi connectivity index (χ1v) is 7.53. The fourth-order valence-electron chi connectivity index (χ4n) is 1.42. The van der Waals surface area contributed by atoms with Gasteiger partial charge in [-0.2, -0.15) is 11.8 Å². The Kier molecular flexibility index (Phi) is 6.43. The van der Waals surface area contributed by atoms with Gasteiger partial charge in [0, 0.05) is 18.7 Å². The third-order valence-corrected chi connectivity index (χ3v) is 3.61. The van der Waals surface area contributed by atoms with Gasteiger partial charge < -0.3 is 10.3 Å². The standard InChI is InChI=1S/C13H23N3OS/c1-9(2)7-18-8-12-15-11(5-13(17)16-12)6-14-10(3)4/h5,9-10,14H,6-8H2,1-4H3,(H,15,16,17). The molecule has 0 aliphatic rings. The van der Waals surface area contributed by atoms with Gasteiger partial charge in [-0.05, 0) is 11.7 Å². The van der Waals surface area contributed by atoms with Gasteiger partial charge in [0.1, 0.15) is 5.82 Å². The topological polar surface area (TPSA) is 57.8 Å². The Morgan fingerprint density at radius 3 is 2.72 bits per heavy atom. The van der Waals surface area contributed by atoms with Crippen molar-refractivity contribution in [3.05, 3.63) is 27.9 Å². The van der Waals surface area contributed by atoms with Crippen molar-refractivity contribution in [1.82, 2.24) is 15.3 Å². The molecular formula is C13H23N3OS. The van der Waals surface area contributed by atoms with Gasteiger partial charge in [-0.1, -0.05) is 27.7 Å². The van der Waals surface area contributed by atoms with E-state index >= 15 is 0 Å². The zero-order valence-corrected chi connectivity index (χ0v) is 12.4. The number of nitrogens with one attached hydrogen (secondary N) is 2. The lowest BCUT2D eigenvalue weighted by molar-refractivity contribution is 0.579. The Bertz CT molecular complexity index is 415. The van der Waals surface area contributed by atoms with Crippen LogP contribution in [0.2, 0.25) is 0 Å². The van der Waals surface area contributed by atoms with Crippen molar-refractivity contribution < 1.29 is 0 Å². The molecule has 0 saturated carbocycles. The molecule has 0 unspecified atom stereocenters. The highest BCUT2D eigenvalue weighted by molar-refractivity contribution is 7.98. The van der Waals surface area contributed by atoms with Crippen molar-refractivity contribution in [3.8, 4) is 0 Å². The summed E-state index contributed by atoms with van der Waals surface area (Å²) in [5.74, 6) is 3.28. The van der Waals surface area contributed by atoms with Gasteiger partial charge in [0.2, 0.25) is 0 Å². The first kappa shape index (κ1) is 15.2. The van der Waals surface area contributed by atoms with Crippen LogP contribution in [0, 0.1) is 5.92 Å². The Morgan fingerprint density at radius 1 is 1.39 bits per heavy atom. The molecule has 4 nitrogen and oxygen atoms in total. The molecule has 0 fully saturated rings. The van der Waals surface area contributed by atoms with Gasteiger partial charge in [0.05, 0.1) is 11.4 Å². The minimum Gasteiger partial charge on any atom is -0.310 e. The van der Waals surface area contributed by atoms with Crippen LogP contribution in [-0.2, 0) is 12.3 Å². The molecule has 1 aromatic heterocycles. The van der Waals surface area contributed by atoms with Crippen molar-refractivity contribution in [2.45, 2.75) is 46.0 Å². The molecule has 1 aromatic rings. The van der Waals surface area contributed by atoms with Crippen LogP contribution in [0.3, 0.4) is 0 Å². The summed E-state index contributed by atoms with van der Waals surface area (Å²) in [4.78, 5) is 18.8. The highest BCUT2D eigenvalue weighted by Gasteiger charge is 2.03. The number of thioether (sulfide) groups is 1. The van der Waals surface area contributed by atoms with E-state index < -0.39 is 0 Å². The van der Waals surface area contributed by atoms with Crippen molar-refractivity contribution in [2.75, 3.05) is 5.75 Å². The maximum atomic E-state index is 11.5. The summed E-state index contributed by atoms with van der Waals surface area (Å²) in [6.45, 7) is 9.17. The average molecular weight is 269 g/mol. The molecule has 2 N–H and O–H groups in total. The van der Waals surface area contributed by atoms with Crippen LogP contribution in [-0.4, -0.2) is 21.8 Å². The molecule has 1 rings (SSSR count). The van der Waals surface area contributed by atoms with Crippen LogP contribution >= 0.6 is 11.8 Å². The van der Waals surface area contributed by atoms with E-state index in [1.54, 1.807) is 17.8 Å². The minimum atomic E-state index is -0.0642. The summed E-state index contributed by atoms with van der Waals surface area (Å²) < 4.78 is 0. The van der Waals surface area contributed by atoms with Gasteiger partial charge in [-0.3, -0.25) is 4.79 Å². The summed E-state index contributed by atoms with van der Waals surface area (Å²) in [6.07, 6.45) is 0. The van der Waals surface area contributed by atoms with E-state index in [0.29, 0.717) is 18.5 Å². The minimum absolute atomic E-state index is 0.0642. The molecule has 0 aliphatic heterocycles. The van der Waals surface area contributed by atoms with Crippen molar-refractivity contribution >= 4 is 11.8 Å². The molecule has 5 heteroatoms. The number of hydrogen-bond acceptors (Lipinski definition) is 4. The van der Waals surface area contributed by atoms with E-state index in [1.807, 2.05) is 0 Å². The largest absolute Gasteiger partial charge is 0.310 e. The summed E-state index contributed by atoms with van der Waals surface area (Å²) in [5, 5.41) is 3.27.